The van der Waals surface area contributed by atoms with Gasteiger partial charge in [-0.1, -0.05) is 50.2 Å². The largest absolute Gasteiger partial charge is 0.271 e. The molecule has 2 heterocycles. The van der Waals surface area contributed by atoms with E-state index >= 15 is 0 Å². The van der Waals surface area contributed by atoms with Gasteiger partial charge in [0, 0.05) is 42.4 Å². The van der Waals surface area contributed by atoms with Crippen molar-refractivity contribution in [3.05, 3.63) is 81.4 Å². The second kappa shape index (κ2) is 6.63. The lowest BCUT2D eigenvalue weighted by Crippen LogP contribution is -2.36. The lowest BCUT2D eigenvalue weighted by Gasteiger charge is -2.19. The minimum atomic E-state index is -0.163. The summed E-state index contributed by atoms with van der Waals surface area (Å²) >= 11 is 1.72. The third kappa shape index (κ3) is 2.40. The van der Waals surface area contributed by atoms with Crippen molar-refractivity contribution in [3.63, 3.8) is 0 Å². The second-order valence-electron chi connectivity index (χ2n) is 8.23. The molecule has 3 nitrogen and oxygen atoms in total. The molecule has 0 aliphatic carbocycles. The van der Waals surface area contributed by atoms with Gasteiger partial charge in [0.15, 0.2) is 0 Å². The maximum absolute atomic E-state index is 13.5. The highest BCUT2D eigenvalue weighted by molar-refractivity contribution is 7.25. The number of pyridine rings is 1. The molecule has 0 aliphatic rings. The first-order chi connectivity index (χ1) is 15.1. The molecule has 4 heteroatoms. The van der Waals surface area contributed by atoms with E-state index in [2.05, 4.69) is 42.5 Å². The van der Waals surface area contributed by atoms with Gasteiger partial charge in [-0.05, 0) is 53.3 Å². The normalized spacial score (nSPS) is 12.4. The van der Waals surface area contributed by atoms with Gasteiger partial charge in [-0.2, -0.15) is 0 Å². The van der Waals surface area contributed by atoms with Crippen LogP contribution in [-0.4, -0.2) is 4.57 Å². The molecular weight excluding hydrogens is 402 g/mol. The highest BCUT2D eigenvalue weighted by atomic mass is 32.1. The molecule has 2 aromatic heterocycles. The predicted octanol–water partition coefficient (Wildman–Crippen LogP) is 6.83. The Labute approximate surface area is 182 Å². The third-order valence-corrected chi connectivity index (χ3v) is 7.83. The zero-order valence-corrected chi connectivity index (χ0v) is 18.3. The van der Waals surface area contributed by atoms with Crippen molar-refractivity contribution in [3.8, 4) is 0 Å². The number of nitrogens with zero attached hydrogens (tertiary/aromatic N) is 1. The number of aromatic nitrogens is 1. The van der Waals surface area contributed by atoms with E-state index in [-0.39, 0.29) is 17.2 Å². The van der Waals surface area contributed by atoms with E-state index in [4.69, 9.17) is 0 Å². The molecule has 0 radical (unpaired) electrons. The van der Waals surface area contributed by atoms with E-state index in [0.717, 1.165) is 33.7 Å². The molecule has 0 saturated carbocycles. The van der Waals surface area contributed by atoms with Crippen molar-refractivity contribution >= 4 is 63.8 Å². The van der Waals surface area contributed by atoms with Crippen molar-refractivity contribution in [2.24, 2.45) is 0 Å². The van der Waals surface area contributed by atoms with Crippen LogP contribution in [0.3, 0.4) is 0 Å². The number of rotatable bonds is 3. The summed E-state index contributed by atoms with van der Waals surface area (Å²) in [4.78, 5) is 26.9. The average molecular weight is 424 g/mol. The smallest absolute Gasteiger partial charge is 0.261 e. The van der Waals surface area contributed by atoms with Gasteiger partial charge in [-0.3, -0.25) is 14.2 Å². The SMILES string of the molecule is CCC(CC)n1c(=O)c2ccc3sc4ccc5ccccc5c4c4ccc(c1=O)c2c34. The summed E-state index contributed by atoms with van der Waals surface area (Å²) in [6.07, 6.45) is 1.52. The zero-order chi connectivity index (χ0) is 21.3. The van der Waals surface area contributed by atoms with Crippen LogP contribution < -0.4 is 11.1 Å². The first kappa shape index (κ1) is 18.5. The Hall–Kier alpha value is -3.24. The maximum Gasteiger partial charge on any atom is 0.261 e. The zero-order valence-electron chi connectivity index (χ0n) is 17.4. The van der Waals surface area contributed by atoms with Gasteiger partial charge in [-0.15, -0.1) is 11.3 Å². The molecule has 0 saturated heterocycles. The molecule has 0 N–H and O–H groups in total. The fourth-order valence-corrected chi connectivity index (χ4v) is 6.33. The number of hydrogen-bond donors (Lipinski definition) is 0. The molecule has 0 atom stereocenters. The summed E-state index contributed by atoms with van der Waals surface area (Å²) in [6, 6.07) is 20.6. The molecule has 152 valence electrons. The summed E-state index contributed by atoms with van der Waals surface area (Å²) in [5, 5.41) is 7.84. The van der Waals surface area contributed by atoms with E-state index in [0.29, 0.717) is 10.8 Å². The van der Waals surface area contributed by atoms with E-state index < -0.39 is 0 Å². The first-order valence-corrected chi connectivity index (χ1v) is 11.6. The standard InChI is InChI=1S/C27H21NO2S/c1-3-16(4-2)28-26(29)19-11-10-18-23-17-8-6-5-7-15(17)9-13-21(23)31-22-14-12-20(27(28)30)24(19)25(18)22/h5-14,16H,3-4H2,1-2H3. The summed E-state index contributed by atoms with van der Waals surface area (Å²) in [5.74, 6) is 0. The van der Waals surface area contributed by atoms with Crippen LogP contribution in [0.4, 0.5) is 0 Å². The molecule has 0 unspecified atom stereocenters. The van der Waals surface area contributed by atoms with Crippen LogP contribution in [0.1, 0.15) is 32.7 Å². The Morgan fingerprint density at radius 1 is 0.677 bits per heavy atom. The highest BCUT2D eigenvalue weighted by Gasteiger charge is 2.21. The first-order valence-electron chi connectivity index (χ1n) is 10.8. The van der Waals surface area contributed by atoms with E-state index in [1.165, 1.54) is 25.4 Å². The lowest BCUT2D eigenvalue weighted by molar-refractivity contribution is 0.451. The lowest BCUT2D eigenvalue weighted by atomic mass is 9.95. The van der Waals surface area contributed by atoms with Crippen LogP contribution in [0.15, 0.2) is 70.3 Å². The van der Waals surface area contributed by atoms with Crippen LogP contribution in [0.25, 0.3) is 52.5 Å². The van der Waals surface area contributed by atoms with Gasteiger partial charge in [0.2, 0.25) is 0 Å². The van der Waals surface area contributed by atoms with Gasteiger partial charge in [0.1, 0.15) is 0 Å². The molecule has 31 heavy (non-hydrogen) atoms. The Morgan fingerprint density at radius 3 is 2.03 bits per heavy atom. The molecule has 0 spiro atoms. The Morgan fingerprint density at radius 2 is 1.29 bits per heavy atom. The monoisotopic (exact) mass is 423 g/mol. The topological polar surface area (TPSA) is 39.1 Å². The van der Waals surface area contributed by atoms with Crippen molar-refractivity contribution in [2.75, 3.05) is 0 Å². The molecule has 4 aromatic carbocycles. The van der Waals surface area contributed by atoms with E-state index in [1.807, 2.05) is 32.0 Å². The minimum absolute atomic E-state index is 0.0745. The molecule has 0 bridgehead atoms. The molecule has 6 rings (SSSR count). The van der Waals surface area contributed by atoms with Gasteiger partial charge >= 0.3 is 0 Å². The van der Waals surface area contributed by atoms with E-state index in [1.54, 1.807) is 11.3 Å². The predicted molar refractivity (Wildman–Crippen MR) is 133 cm³/mol. The number of hydrogen-bond acceptors (Lipinski definition) is 3. The maximum atomic E-state index is 13.5. The fraction of sp³-hybridized carbons (Fsp3) is 0.185. The van der Waals surface area contributed by atoms with Crippen LogP contribution in [0.2, 0.25) is 0 Å². The van der Waals surface area contributed by atoms with Crippen LogP contribution in [0.5, 0.6) is 0 Å². The van der Waals surface area contributed by atoms with E-state index in [9.17, 15) is 9.59 Å². The summed E-state index contributed by atoms with van der Waals surface area (Å²) in [6.45, 7) is 4.06. The van der Waals surface area contributed by atoms with Crippen molar-refractivity contribution in [1.29, 1.82) is 0 Å². The van der Waals surface area contributed by atoms with Gasteiger partial charge in [0.05, 0.1) is 0 Å². The van der Waals surface area contributed by atoms with Crippen molar-refractivity contribution in [2.45, 2.75) is 32.7 Å². The molecule has 0 fully saturated rings. The van der Waals surface area contributed by atoms with Crippen LogP contribution in [-0.2, 0) is 0 Å². The van der Waals surface area contributed by atoms with Crippen molar-refractivity contribution in [1.82, 2.24) is 4.57 Å². The highest BCUT2D eigenvalue weighted by Crippen LogP contribution is 2.42. The Balaban J connectivity index is 1.89. The summed E-state index contributed by atoms with van der Waals surface area (Å²) in [7, 11) is 0. The van der Waals surface area contributed by atoms with Crippen LogP contribution in [0, 0.1) is 0 Å². The third-order valence-electron chi connectivity index (χ3n) is 6.71. The van der Waals surface area contributed by atoms with Crippen molar-refractivity contribution < 1.29 is 0 Å². The Kier molecular flexibility index (Phi) is 3.96. The molecular formula is C27H21NO2S. The Bertz CT molecular complexity index is 1720. The fourth-order valence-electron chi connectivity index (χ4n) is 5.18. The van der Waals surface area contributed by atoms with Gasteiger partial charge in [0.25, 0.3) is 11.1 Å². The minimum Gasteiger partial charge on any atom is -0.271 e. The second-order valence-corrected chi connectivity index (χ2v) is 9.32. The van der Waals surface area contributed by atoms with Crippen LogP contribution >= 0.6 is 11.3 Å². The molecule has 0 amide bonds. The number of fused-ring (bicyclic) bond motifs is 4. The average Bonchev–Trinajstić information content (AvgIpc) is 2.81. The number of benzene rings is 4. The van der Waals surface area contributed by atoms with Gasteiger partial charge < -0.3 is 0 Å². The summed E-state index contributed by atoms with van der Waals surface area (Å²) < 4.78 is 3.80. The quantitative estimate of drug-likeness (QED) is 0.231. The molecule has 6 aromatic rings. The molecule has 0 aliphatic heterocycles. The van der Waals surface area contributed by atoms with Gasteiger partial charge in [-0.25, -0.2) is 0 Å². The summed E-state index contributed by atoms with van der Waals surface area (Å²) in [5.41, 5.74) is -0.327.